The zero-order chi connectivity index (χ0) is 16.7. The molecule has 1 aliphatic heterocycles. The van der Waals surface area contributed by atoms with E-state index in [-0.39, 0.29) is 11.8 Å². The molecule has 1 aromatic heterocycles. The van der Waals surface area contributed by atoms with Gasteiger partial charge >= 0.3 is 5.97 Å². The summed E-state index contributed by atoms with van der Waals surface area (Å²) in [6, 6.07) is 0.527. The Labute approximate surface area is 144 Å². The zero-order valence-corrected chi connectivity index (χ0v) is 14.4. The number of likely N-dealkylation sites (tertiary alicyclic amines) is 1. The van der Waals surface area contributed by atoms with E-state index < -0.39 is 5.97 Å². The third kappa shape index (κ3) is 3.29. The molecular weight excluding hydrogens is 328 g/mol. The first kappa shape index (κ1) is 15.9. The highest BCUT2D eigenvalue weighted by Gasteiger charge is 2.36. The van der Waals surface area contributed by atoms with Crippen molar-refractivity contribution in [3.63, 3.8) is 0 Å². The number of hydrogen-bond donors (Lipinski definition) is 1. The average Bonchev–Trinajstić information content (AvgIpc) is 3.51. The molecule has 4 rings (SSSR count). The molecule has 0 bridgehead atoms. The van der Waals surface area contributed by atoms with Crippen LogP contribution in [0.15, 0.2) is 5.16 Å². The van der Waals surface area contributed by atoms with Gasteiger partial charge in [0.1, 0.15) is 5.82 Å². The van der Waals surface area contributed by atoms with Crippen molar-refractivity contribution in [1.29, 1.82) is 0 Å². The van der Waals surface area contributed by atoms with E-state index in [2.05, 4.69) is 14.8 Å². The highest BCUT2D eigenvalue weighted by Crippen LogP contribution is 2.46. The van der Waals surface area contributed by atoms with Gasteiger partial charge in [0, 0.05) is 25.0 Å². The predicted octanol–water partition coefficient (Wildman–Crippen LogP) is 1.91. The maximum Gasteiger partial charge on any atom is 0.306 e. The standard InChI is InChI=1S/C16H22N4O3S/c21-13(19-7-5-11(6-8-19)15(22)23)9-24-16-18-17-14(10-1-2-10)20(16)12-3-4-12/h10-12H,1-9H2,(H,22,23). The van der Waals surface area contributed by atoms with E-state index in [0.717, 1.165) is 11.0 Å². The molecule has 1 amide bonds. The summed E-state index contributed by atoms with van der Waals surface area (Å²) in [6.07, 6.45) is 5.87. The number of carboxylic acid groups (broad SMARTS) is 1. The molecule has 130 valence electrons. The van der Waals surface area contributed by atoms with Crippen LogP contribution in [-0.4, -0.2) is 55.5 Å². The van der Waals surface area contributed by atoms with Crippen molar-refractivity contribution in [2.75, 3.05) is 18.8 Å². The lowest BCUT2D eigenvalue weighted by molar-refractivity contribution is -0.145. The molecule has 7 nitrogen and oxygen atoms in total. The quantitative estimate of drug-likeness (QED) is 0.789. The molecule has 2 saturated carbocycles. The summed E-state index contributed by atoms with van der Waals surface area (Å²) in [5.74, 6) is 1.05. The molecular formula is C16H22N4O3S. The molecule has 3 aliphatic rings. The summed E-state index contributed by atoms with van der Waals surface area (Å²) in [5, 5.41) is 18.6. The lowest BCUT2D eigenvalue weighted by Gasteiger charge is -2.30. The van der Waals surface area contributed by atoms with E-state index in [9.17, 15) is 9.59 Å². The number of thioether (sulfide) groups is 1. The Balaban J connectivity index is 1.34. The van der Waals surface area contributed by atoms with Crippen molar-refractivity contribution in [1.82, 2.24) is 19.7 Å². The van der Waals surface area contributed by atoms with E-state index in [1.807, 2.05) is 0 Å². The number of aliphatic carboxylic acids is 1. The first-order valence-electron chi connectivity index (χ1n) is 8.71. The van der Waals surface area contributed by atoms with Crippen molar-refractivity contribution in [3.8, 4) is 0 Å². The van der Waals surface area contributed by atoms with Crippen molar-refractivity contribution < 1.29 is 14.7 Å². The number of rotatable bonds is 6. The van der Waals surface area contributed by atoms with Crippen LogP contribution in [0, 0.1) is 5.92 Å². The molecule has 0 aromatic carbocycles. The number of piperidine rings is 1. The molecule has 8 heteroatoms. The van der Waals surface area contributed by atoms with Gasteiger partial charge in [0.25, 0.3) is 0 Å². The Morgan fingerprint density at radius 2 is 1.79 bits per heavy atom. The average molecular weight is 350 g/mol. The smallest absolute Gasteiger partial charge is 0.306 e. The van der Waals surface area contributed by atoms with Gasteiger partial charge in [0.15, 0.2) is 5.16 Å². The van der Waals surface area contributed by atoms with Gasteiger partial charge in [0.2, 0.25) is 5.91 Å². The van der Waals surface area contributed by atoms with Crippen LogP contribution in [0.1, 0.15) is 56.3 Å². The van der Waals surface area contributed by atoms with Gasteiger partial charge in [-0.3, -0.25) is 9.59 Å². The maximum atomic E-state index is 12.4. The Hall–Kier alpha value is -1.57. The molecule has 24 heavy (non-hydrogen) atoms. The third-order valence-corrected chi connectivity index (χ3v) is 5.99. The number of amides is 1. The summed E-state index contributed by atoms with van der Waals surface area (Å²) in [6.45, 7) is 1.08. The normalized spacial score (nSPS) is 21.9. The van der Waals surface area contributed by atoms with Crippen LogP contribution in [0.4, 0.5) is 0 Å². The minimum absolute atomic E-state index is 0.0714. The molecule has 0 unspecified atom stereocenters. The number of carbonyl (C=O) groups excluding carboxylic acids is 1. The Bertz CT molecular complexity index is 646. The van der Waals surface area contributed by atoms with Crippen molar-refractivity contribution in [2.45, 2.75) is 55.6 Å². The van der Waals surface area contributed by atoms with Gasteiger partial charge < -0.3 is 14.6 Å². The van der Waals surface area contributed by atoms with Crippen LogP contribution in [0.5, 0.6) is 0 Å². The van der Waals surface area contributed by atoms with Crippen molar-refractivity contribution >= 4 is 23.6 Å². The first-order valence-corrected chi connectivity index (χ1v) is 9.70. The second-order valence-corrected chi connectivity index (χ2v) is 7.94. The van der Waals surface area contributed by atoms with Gasteiger partial charge in [-0.2, -0.15) is 0 Å². The number of aromatic nitrogens is 3. The highest BCUT2D eigenvalue weighted by atomic mass is 32.2. The molecule has 1 saturated heterocycles. The van der Waals surface area contributed by atoms with Crippen molar-refractivity contribution in [3.05, 3.63) is 5.82 Å². The largest absolute Gasteiger partial charge is 0.481 e. The molecule has 1 N–H and O–H groups in total. The molecule has 3 fully saturated rings. The fourth-order valence-corrected chi connectivity index (χ4v) is 4.19. The van der Waals surface area contributed by atoms with Gasteiger partial charge in [0.05, 0.1) is 11.7 Å². The monoisotopic (exact) mass is 350 g/mol. The van der Waals surface area contributed by atoms with Crippen LogP contribution in [0.3, 0.4) is 0 Å². The zero-order valence-electron chi connectivity index (χ0n) is 13.6. The lowest BCUT2D eigenvalue weighted by atomic mass is 9.97. The SMILES string of the molecule is O=C(O)C1CCN(C(=O)CSc2nnc(C3CC3)n2C2CC2)CC1. The fourth-order valence-electron chi connectivity index (χ4n) is 3.28. The number of hydrogen-bond acceptors (Lipinski definition) is 5. The van der Waals surface area contributed by atoms with Crippen LogP contribution < -0.4 is 0 Å². The minimum Gasteiger partial charge on any atom is -0.481 e. The molecule has 0 atom stereocenters. The highest BCUT2D eigenvalue weighted by molar-refractivity contribution is 7.99. The summed E-state index contributed by atoms with van der Waals surface area (Å²) in [7, 11) is 0. The molecule has 2 heterocycles. The second kappa shape index (κ2) is 6.38. The summed E-state index contributed by atoms with van der Waals surface area (Å²) >= 11 is 1.47. The van der Waals surface area contributed by atoms with E-state index in [1.165, 1.54) is 37.4 Å². The molecule has 0 spiro atoms. The Morgan fingerprint density at radius 1 is 1.08 bits per heavy atom. The van der Waals surface area contributed by atoms with Crippen LogP contribution in [0.25, 0.3) is 0 Å². The summed E-state index contributed by atoms with van der Waals surface area (Å²) < 4.78 is 2.26. The van der Waals surface area contributed by atoms with Gasteiger partial charge in [-0.1, -0.05) is 11.8 Å². The fraction of sp³-hybridized carbons (Fsp3) is 0.750. The van der Waals surface area contributed by atoms with Crippen LogP contribution in [0.2, 0.25) is 0 Å². The Kier molecular flexibility index (Phi) is 4.24. The van der Waals surface area contributed by atoms with Crippen molar-refractivity contribution in [2.24, 2.45) is 5.92 Å². The topological polar surface area (TPSA) is 88.3 Å². The summed E-state index contributed by atoms with van der Waals surface area (Å²) in [4.78, 5) is 25.2. The van der Waals surface area contributed by atoms with Crippen LogP contribution >= 0.6 is 11.8 Å². The summed E-state index contributed by atoms with van der Waals surface area (Å²) in [5.41, 5.74) is 0. The number of carboxylic acids is 1. The molecule has 0 radical (unpaired) electrons. The van der Waals surface area contributed by atoms with E-state index >= 15 is 0 Å². The predicted molar refractivity (Wildman–Crippen MR) is 87.9 cm³/mol. The third-order valence-electron chi connectivity index (χ3n) is 5.07. The van der Waals surface area contributed by atoms with Gasteiger partial charge in [-0.15, -0.1) is 10.2 Å². The first-order chi connectivity index (χ1) is 11.6. The van der Waals surface area contributed by atoms with E-state index in [0.29, 0.717) is 43.6 Å². The molecule has 2 aliphatic carbocycles. The minimum atomic E-state index is -0.749. The second-order valence-electron chi connectivity index (χ2n) is 7.00. The van der Waals surface area contributed by atoms with E-state index in [4.69, 9.17) is 5.11 Å². The lowest BCUT2D eigenvalue weighted by Crippen LogP contribution is -2.41. The van der Waals surface area contributed by atoms with Gasteiger partial charge in [-0.25, -0.2) is 0 Å². The maximum absolute atomic E-state index is 12.4. The Morgan fingerprint density at radius 3 is 2.38 bits per heavy atom. The van der Waals surface area contributed by atoms with Gasteiger partial charge in [-0.05, 0) is 38.5 Å². The van der Waals surface area contributed by atoms with Crippen LogP contribution in [-0.2, 0) is 9.59 Å². The number of nitrogens with zero attached hydrogens (tertiary/aromatic N) is 4. The van der Waals surface area contributed by atoms with E-state index in [1.54, 1.807) is 4.90 Å². The number of carbonyl (C=O) groups is 2. The molecule has 1 aromatic rings.